The highest BCUT2D eigenvalue weighted by Crippen LogP contribution is 2.21. The van der Waals surface area contributed by atoms with Gasteiger partial charge in [-0.15, -0.1) is 0 Å². The fourth-order valence-electron chi connectivity index (χ4n) is 1.24. The van der Waals surface area contributed by atoms with Crippen molar-refractivity contribution in [2.45, 2.75) is 51.4 Å². The highest BCUT2D eigenvalue weighted by atomic mass is 19.4. The summed E-state index contributed by atoms with van der Waals surface area (Å²) in [6.07, 6.45) is -4.08. The molecule has 0 saturated carbocycles. The molecule has 0 aromatic rings. The van der Waals surface area contributed by atoms with Crippen LogP contribution >= 0.6 is 0 Å². The van der Waals surface area contributed by atoms with Gasteiger partial charge in [0.1, 0.15) is 0 Å². The molecular weight excluding hydrogens is 193 g/mol. The molecular formula is C9H15F3N2. The third-order valence-electron chi connectivity index (χ3n) is 1.89. The predicted molar refractivity (Wildman–Crippen MR) is 47.6 cm³/mol. The Morgan fingerprint density at radius 2 is 2.00 bits per heavy atom. The zero-order valence-electron chi connectivity index (χ0n) is 8.36. The van der Waals surface area contributed by atoms with Crippen molar-refractivity contribution in [1.29, 1.82) is 5.26 Å². The van der Waals surface area contributed by atoms with Gasteiger partial charge in [0.15, 0.2) is 0 Å². The first-order chi connectivity index (χ1) is 6.39. The van der Waals surface area contributed by atoms with E-state index in [1.54, 1.807) is 0 Å². The molecule has 2 nitrogen and oxygen atoms in total. The van der Waals surface area contributed by atoms with Crippen LogP contribution in [0.25, 0.3) is 0 Å². The maximum absolute atomic E-state index is 11.9. The van der Waals surface area contributed by atoms with Crippen LogP contribution in [-0.2, 0) is 0 Å². The van der Waals surface area contributed by atoms with E-state index in [-0.39, 0.29) is 12.5 Å². The first-order valence-corrected chi connectivity index (χ1v) is 4.58. The van der Waals surface area contributed by atoms with Crippen LogP contribution in [-0.4, -0.2) is 18.3 Å². The summed E-state index contributed by atoms with van der Waals surface area (Å²) in [5.74, 6) is 0. The van der Waals surface area contributed by atoms with Crippen LogP contribution in [0.1, 0.15) is 33.1 Å². The largest absolute Gasteiger partial charge is 0.390 e. The quantitative estimate of drug-likeness (QED) is 0.753. The van der Waals surface area contributed by atoms with Crippen molar-refractivity contribution in [3.05, 3.63) is 0 Å². The Morgan fingerprint density at radius 1 is 1.43 bits per heavy atom. The molecule has 2 atom stereocenters. The van der Waals surface area contributed by atoms with Gasteiger partial charge in [-0.05, 0) is 13.3 Å². The van der Waals surface area contributed by atoms with Crippen molar-refractivity contribution in [3.8, 4) is 6.07 Å². The zero-order chi connectivity index (χ0) is 11.2. The van der Waals surface area contributed by atoms with Gasteiger partial charge in [0.05, 0.1) is 18.9 Å². The van der Waals surface area contributed by atoms with Gasteiger partial charge in [-0.25, -0.2) is 0 Å². The number of nitrogens with zero attached hydrogens (tertiary/aromatic N) is 1. The maximum Gasteiger partial charge on any atom is 0.390 e. The molecule has 0 amide bonds. The Kier molecular flexibility index (Phi) is 5.55. The van der Waals surface area contributed by atoms with E-state index >= 15 is 0 Å². The molecule has 1 N–H and O–H groups in total. The molecule has 0 spiro atoms. The fraction of sp³-hybridized carbons (Fsp3) is 0.889. The van der Waals surface area contributed by atoms with Crippen molar-refractivity contribution < 1.29 is 13.2 Å². The van der Waals surface area contributed by atoms with Gasteiger partial charge >= 0.3 is 6.18 Å². The summed E-state index contributed by atoms with van der Waals surface area (Å²) in [6, 6.07) is 1.17. The Labute approximate surface area is 82.1 Å². The van der Waals surface area contributed by atoms with Gasteiger partial charge in [-0.2, -0.15) is 18.4 Å². The molecule has 82 valence electrons. The van der Waals surface area contributed by atoms with Crippen LogP contribution in [0.2, 0.25) is 0 Å². The number of nitrogens with one attached hydrogen (secondary N) is 1. The van der Waals surface area contributed by atoms with E-state index in [1.165, 1.54) is 6.92 Å². The number of alkyl halides is 3. The lowest BCUT2D eigenvalue weighted by molar-refractivity contribution is -0.139. The van der Waals surface area contributed by atoms with Crippen molar-refractivity contribution in [1.82, 2.24) is 5.32 Å². The van der Waals surface area contributed by atoms with Crippen LogP contribution in [0.15, 0.2) is 0 Å². The third-order valence-corrected chi connectivity index (χ3v) is 1.89. The Bertz CT molecular complexity index is 195. The van der Waals surface area contributed by atoms with E-state index in [2.05, 4.69) is 5.32 Å². The van der Waals surface area contributed by atoms with Gasteiger partial charge < -0.3 is 5.32 Å². The second kappa shape index (κ2) is 5.86. The van der Waals surface area contributed by atoms with Crippen LogP contribution in [0.5, 0.6) is 0 Å². The molecule has 5 heteroatoms. The molecule has 0 rings (SSSR count). The van der Waals surface area contributed by atoms with E-state index in [9.17, 15) is 13.2 Å². The predicted octanol–water partition coefficient (Wildman–Crippen LogP) is 2.61. The standard InChI is InChI=1S/C9H15F3N2/c1-3-8(4-5-13)14-7(2)6-9(10,11)12/h7-8,14H,3-4,6H2,1-2H3. The van der Waals surface area contributed by atoms with Crippen LogP contribution in [0.3, 0.4) is 0 Å². The number of rotatable bonds is 5. The summed E-state index contributed by atoms with van der Waals surface area (Å²) in [6.45, 7) is 3.32. The molecule has 0 aromatic carbocycles. The Morgan fingerprint density at radius 3 is 2.36 bits per heavy atom. The highest BCUT2D eigenvalue weighted by molar-refractivity contribution is 4.82. The number of hydrogen-bond acceptors (Lipinski definition) is 2. The van der Waals surface area contributed by atoms with Gasteiger partial charge in [0, 0.05) is 12.1 Å². The van der Waals surface area contributed by atoms with Gasteiger partial charge in [-0.1, -0.05) is 6.92 Å². The second-order valence-corrected chi connectivity index (χ2v) is 3.35. The van der Waals surface area contributed by atoms with Crippen molar-refractivity contribution in [3.63, 3.8) is 0 Å². The average Bonchev–Trinajstić information content (AvgIpc) is 2.00. The van der Waals surface area contributed by atoms with E-state index in [0.717, 1.165) is 0 Å². The SMILES string of the molecule is CCC(CC#N)NC(C)CC(F)(F)F. The summed E-state index contributed by atoms with van der Waals surface area (Å²) in [5, 5.41) is 11.2. The van der Waals surface area contributed by atoms with Crippen LogP contribution < -0.4 is 5.32 Å². The molecule has 0 aliphatic rings. The molecule has 2 unspecified atom stereocenters. The summed E-state index contributed by atoms with van der Waals surface area (Å²) >= 11 is 0. The lowest BCUT2D eigenvalue weighted by atomic mass is 10.1. The zero-order valence-corrected chi connectivity index (χ0v) is 8.36. The Balaban J connectivity index is 3.91. The van der Waals surface area contributed by atoms with Gasteiger partial charge in [-0.3, -0.25) is 0 Å². The summed E-state index contributed by atoms with van der Waals surface area (Å²) in [7, 11) is 0. The molecule has 0 radical (unpaired) electrons. The third kappa shape index (κ3) is 6.72. The van der Waals surface area contributed by atoms with Crippen LogP contribution in [0, 0.1) is 11.3 Å². The topological polar surface area (TPSA) is 35.8 Å². The normalized spacial score (nSPS) is 16.0. The molecule has 0 aromatic heterocycles. The second-order valence-electron chi connectivity index (χ2n) is 3.35. The first-order valence-electron chi connectivity index (χ1n) is 4.58. The van der Waals surface area contributed by atoms with E-state index in [4.69, 9.17) is 5.26 Å². The van der Waals surface area contributed by atoms with Crippen LogP contribution in [0.4, 0.5) is 13.2 Å². The smallest absolute Gasteiger partial charge is 0.310 e. The summed E-state index contributed by atoms with van der Waals surface area (Å²) in [4.78, 5) is 0. The molecule has 0 aliphatic heterocycles. The molecule has 14 heavy (non-hydrogen) atoms. The minimum Gasteiger partial charge on any atom is -0.310 e. The first kappa shape index (κ1) is 13.2. The lowest BCUT2D eigenvalue weighted by Gasteiger charge is -2.21. The van der Waals surface area contributed by atoms with Gasteiger partial charge in [0.25, 0.3) is 0 Å². The Hall–Kier alpha value is -0.760. The molecule has 0 heterocycles. The molecule has 0 bridgehead atoms. The molecule has 0 aliphatic carbocycles. The maximum atomic E-state index is 11.9. The monoisotopic (exact) mass is 208 g/mol. The minimum absolute atomic E-state index is 0.141. The number of halogens is 3. The summed E-state index contributed by atoms with van der Waals surface area (Å²) in [5.41, 5.74) is 0. The number of hydrogen-bond donors (Lipinski definition) is 1. The minimum atomic E-state index is -4.14. The average molecular weight is 208 g/mol. The lowest BCUT2D eigenvalue weighted by Crippen LogP contribution is -2.38. The molecule has 0 fully saturated rings. The summed E-state index contributed by atoms with van der Waals surface area (Å²) < 4.78 is 35.8. The van der Waals surface area contributed by atoms with E-state index < -0.39 is 18.6 Å². The number of nitriles is 1. The van der Waals surface area contributed by atoms with Crippen molar-refractivity contribution >= 4 is 0 Å². The fourth-order valence-corrected chi connectivity index (χ4v) is 1.24. The van der Waals surface area contributed by atoms with Gasteiger partial charge in [0.2, 0.25) is 0 Å². The molecule has 0 saturated heterocycles. The van der Waals surface area contributed by atoms with Crippen molar-refractivity contribution in [2.75, 3.05) is 0 Å². The van der Waals surface area contributed by atoms with E-state index in [0.29, 0.717) is 6.42 Å². The van der Waals surface area contributed by atoms with E-state index in [1.807, 2.05) is 13.0 Å². The highest BCUT2D eigenvalue weighted by Gasteiger charge is 2.30. The van der Waals surface area contributed by atoms with Crippen molar-refractivity contribution in [2.24, 2.45) is 0 Å².